The molecule has 2 N–H and O–H groups in total. The molecule has 1 unspecified atom stereocenters. The Hall–Kier alpha value is -3.72. The molecule has 4 rings (SSSR count). The molecule has 1 aliphatic rings. The van der Waals surface area contributed by atoms with Crippen molar-refractivity contribution >= 4 is 17.5 Å². The van der Waals surface area contributed by atoms with E-state index in [1.165, 1.54) is 5.56 Å². The first-order valence-corrected chi connectivity index (χ1v) is 13.7. The van der Waals surface area contributed by atoms with Gasteiger partial charge in [0.25, 0.3) is 11.8 Å². The van der Waals surface area contributed by atoms with E-state index in [0.29, 0.717) is 36.0 Å². The Labute approximate surface area is 231 Å². The minimum atomic E-state index is -0.192. The lowest BCUT2D eigenvalue weighted by molar-refractivity contribution is 0.0715. The number of amides is 2. The molecule has 1 saturated heterocycles. The van der Waals surface area contributed by atoms with E-state index in [1.807, 2.05) is 50.4 Å². The van der Waals surface area contributed by atoms with Crippen molar-refractivity contribution in [2.45, 2.75) is 58.5 Å². The first-order chi connectivity index (χ1) is 18.7. The SMILES string of the molecule is Cc1coc(C2CCCN2C(=O)c2cc(C(=O)NCCCNCc3cncc(C(C)C)c3)cc(N(C)C)c2)n1. The van der Waals surface area contributed by atoms with E-state index in [9.17, 15) is 9.59 Å². The summed E-state index contributed by atoms with van der Waals surface area (Å²) in [6.45, 7) is 8.86. The predicted molar refractivity (Wildman–Crippen MR) is 152 cm³/mol. The Bertz CT molecular complexity index is 1290. The van der Waals surface area contributed by atoms with Crippen LogP contribution in [0.5, 0.6) is 0 Å². The number of pyridine rings is 1. The van der Waals surface area contributed by atoms with E-state index in [1.54, 1.807) is 17.2 Å². The van der Waals surface area contributed by atoms with Gasteiger partial charge in [0.1, 0.15) is 12.3 Å². The first kappa shape index (κ1) is 28.3. The Morgan fingerprint density at radius 2 is 1.92 bits per heavy atom. The maximum absolute atomic E-state index is 13.6. The van der Waals surface area contributed by atoms with Crippen LogP contribution in [0.15, 0.2) is 47.3 Å². The van der Waals surface area contributed by atoms with Crippen molar-refractivity contribution in [2.24, 2.45) is 0 Å². The van der Waals surface area contributed by atoms with Crippen molar-refractivity contribution in [1.29, 1.82) is 0 Å². The van der Waals surface area contributed by atoms with Crippen molar-refractivity contribution in [3.8, 4) is 0 Å². The van der Waals surface area contributed by atoms with E-state index < -0.39 is 0 Å². The molecule has 1 aromatic carbocycles. The van der Waals surface area contributed by atoms with Crippen LogP contribution in [0.3, 0.4) is 0 Å². The van der Waals surface area contributed by atoms with Gasteiger partial charge in [-0.3, -0.25) is 14.6 Å². The number of benzene rings is 1. The number of likely N-dealkylation sites (tertiary alicyclic amines) is 1. The summed E-state index contributed by atoms with van der Waals surface area (Å²) in [7, 11) is 3.80. The number of aromatic nitrogens is 2. The maximum Gasteiger partial charge on any atom is 0.254 e. The number of nitrogens with zero attached hydrogens (tertiary/aromatic N) is 4. The monoisotopic (exact) mass is 532 g/mol. The summed E-state index contributed by atoms with van der Waals surface area (Å²) in [5.41, 5.74) is 4.93. The summed E-state index contributed by atoms with van der Waals surface area (Å²) in [5, 5.41) is 6.42. The van der Waals surface area contributed by atoms with Crippen LogP contribution in [0, 0.1) is 6.92 Å². The van der Waals surface area contributed by atoms with E-state index in [-0.39, 0.29) is 17.9 Å². The molecule has 208 valence electrons. The van der Waals surface area contributed by atoms with Gasteiger partial charge in [-0.05, 0) is 68.0 Å². The number of hydrogen-bond acceptors (Lipinski definition) is 7. The quantitative estimate of drug-likeness (QED) is 0.352. The van der Waals surface area contributed by atoms with Crippen LogP contribution in [0.2, 0.25) is 0 Å². The topological polar surface area (TPSA) is 104 Å². The molecular formula is C30H40N6O3. The van der Waals surface area contributed by atoms with Gasteiger partial charge in [0.15, 0.2) is 0 Å². The van der Waals surface area contributed by atoms with Gasteiger partial charge in [-0.25, -0.2) is 4.98 Å². The third-order valence-electron chi connectivity index (χ3n) is 7.01. The number of rotatable bonds is 11. The smallest absolute Gasteiger partial charge is 0.254 e. The van der Waals surface area contributed by atoms with Crippen molar-refractivity contribution in [3.63, 3.8) is 0 Å². The highest BCUT2D eigenvalue weighted by molar-refractivity contribution is 6.01. The number of carbonyl (C=O) groups excluding carboxylic acids is 2. The second-order valence-corrected chi connectivity index (χ2v) is 10.7. The summed E-state index contributed by atoms with van der Waals surface area (Å²) in [6, 6.07) is 7.33. The summed E-state index contributed by atoms with van der Waals surface area (Å²) < 4.78 is 5.61. The number of carbonyl (C=O) groups is 2. The molecule has 2 aromatic heterocycles. The molecule has 0 radical (unpaired) electrons. The second-order valence-electron chi connectivity index (χ2n) is 10.7. The molecule has 1 fully saturated rings. The number of hydrogen-bond donors (Lipinski definition) is 2. The van der Waals surface area contributed by atoms with Gasteiger partial charge in [-0.2, -0.15) is 0 Å². The zero-order valence-electron chi connectivity index (χ0n) is 23.7. The zero-order chi connectivity index (χ0) is 27.9. The molecule has 9 heteroatoms. The summed E-state index contributed by atoms with van der Waals surface area (Å²) in [6.07, 6.45) is 7.88. The molecule has 2 amide bonds. The highest BCUT2D eigenvalue weighted by Gasteiger charge is 2.34. The van der Waals surface area contributed by atoms with Crippen molar-refractivity contribution < 1.29 is 14.0 Å². The van der Waals surface area contributed by atoms with E-state index in [0.717, 1.165) is 49.3 Å². The predicted octanol–water partition coefficient (Wildman–Crippen LogP) is 4.45. The molecular weight excluding hydrogens is 492 g/mol. The fraction of sp³-hybridized carbons (Fsp3) is 0.467. The molecule has 3 aromatic rings. The van der Waals surface area contributed by atoms with Gasteiger partial charge < -0.3 is 24.9 Å². The summed E-state index contributed by atoms with van der Waals surface area (Å²) in [4.78, 5) is 39.1. The highest BCUT2D eigenvalue weighted by Crippen LogP contribution is 2.33. The van der Waals surface area contributed by atoms with E-state index in [2.05, 4.69) is 40.5 Å². The van der Waals surface area contributed by atoms with E-state index >= 15 is 0 Å². The van der Waals surface area contributed by atoms with Gasteiger partial charge in [0, 0.05) is 62.9 Å². The van der Waals surface area contributed by atoms with Crippen LogP contribution in [-0.4, -0.2) is 60.4 Å². The molecule has 1 atom stereocenters. The number of anilines is 1. The zero-order valence-corrected chi connectivity index (χ0v) is 23.7. The lowest BCUT2D eigenvalue weighted by Crippen LogP contribution is -2.32. The Balaban J connectivity index is 1.34. The Kier molecular flexibility index (Phi) is 9.35. The normalized spacial score (nSPS) is 15.1. The Morgan fingerprint density at radius 1 is 1.13 bits per heavy atom. The van der Waals surface area contributed by atoms with Gasteiger partial charge in [0.05, 0.1) is 5.69 Å². The number of nitrogens with one attached hydrogen (secondary N) is 2. The van der Waals surface area contributed by atoms with Crippen LogP contribution in [0.1, 0.15) is 88.5 Å². The average Bonchev–Trinajstić information content (AvgIpc) is 3.59. The molecule has 0 aliphatic carbocycles. The lowest BCUT2D eigenvalue weighted by Gasteiger charge is -2.24. The molecule has 9 nitrogen and oxygen atoms in total. The average molecular weight is 533 g/mol. The minimum Gasteiger partial charge on any atom is -0.446 e. The fourth-order valence-electron chi connectivity index (χ4n) is 4.75. The van der Waals surface area contributed by atoms with Gasteiger partial charge in [0.2, 0.25) is 5.89 Å². The number of aryl methyl sites for hydroxylation is 1. The van der Waals surface area contributed by atoms with Gasteiger partial charge in [-0.1, -0.05) is 19.9 Å². The number of oxazole rings is 1. The van der Waals surface area contributed by atoms with Crippen LogP contribution < -0.4 is 15.5 Å². The van der Waals surface area contributed by atoms with Gasteiger partial charge in [-0.15, -0.1) is 0 Å². The summed E-state index contributed by atoms with van der Waals surface area (Å²) >= 11 is 0. The molecule has 3 heterocycles. The second kappa shape index (κ2) is 12.9. The van der Waals surface area contributed by atoms with Crippen molar-refractivity contribution in [2.75, 3.05) is 38.6 Å². The van der Waals surface area contributed by atoms with Gasteiger partial charge >= 0.3 is 0 Å². The van der Waals surface area contributed by atoms with Crippen LogP contribution in [0.25, 0.3) is 0 Å². The third kappa shape index (κ3) is 7.23. The van der Waals surface area contributed by atoms with Crippen LogP contribution in [0.4, 0.5) is 5.69 Å². The fourth-order valence-corrected chi connectivity index (χ4v) is 4.75. The molecule has 0 saturated carbocycles. The highest BCUT2D eigenvalue weighted by atomic mass is 16.3. The van der Waals surface area contributed by atoms with Crippen molar-refractivity contribution in [3.05, 3.63) is 76.8 Å². The molecule has 39 heavy (non-hydrogen) atoms. The largest absolute Gasteiger partial charge is 0.446 e. The minimum absolute atomic E-state index is 0.119. The molecule has 1 aliphatic heterocycles. The summed E-state index contributed by atoms with van der Waals surface area (Å²) in [5.74, 6) is 0.704. The third-order valence-corrected chi connectivity index (χ3v) is 7.01. The first-order valence-electron chi connectivity index (χ1n) is 13.7. The lowest BCUT2D eigenvalue weighted by atomic mass is 10.0. The molecule has 0 bridgehead atoms. The van der Waals surface area contributed by atoms with Crippen LogP contribution >= 0.6 is 0 Å². The van der Waals surface area contributed by atoms with E-state index in [4.69, 9.17) is 4.42 Å². The van der Waals surface area contributed by atoms with Crippen LogP contribution in [-0.2, 0) is 6.54 Å². The maximum atomic E-state index is 13.6. The van der Waals surface area contributed by atoms with Crippen molar-refractivity contribution in [1.82, 2.24) is 25.5 Å². The standard InChI is InChI=1S/C30H40N6O3/c1-20(2)25-12-22(17-32-18-25)16-31-9-7-10-33-28(37)23-13-24(15-26(14-23)35(4)5)30(38)36-11-6-8-27(36)29-34-21(3)19-39-29/h12-15,17-20,27,31H,6-11,16H2,1-5H3,(H,33,37). The molecule has 0 spiro atoms. The Morgan fingerprint density at radius 3 is 2.64 bits per heavy atom.